The Bertz CT molecular complexity index is 1300. The Hall–Kier alpha value is -2.94. The molecular formula is C22H25N5O3S. The van der Waals surface area contributed by atoms with E-state index in [9.17, 15) is 13.2 Å². The first-order valence-corrected chi connectivity index (χ1v) is 12.2. The second kappa shape index (κ2) is 6.53. The Labute approximate surface area is 181 Å². The lowest BCUT2D eigenvalue weighted by molar-refractivity contribution is -0.160. The monoisotopic (exact) mass is 439 g/mol. The number of fused-ring (bicyclic) bond motifs is 1. The zero-order valence-corrected chi connectivity index (χ0v) is 18.8. The normalized spacial score (nSPS) is 24.4. The first-order valence-electron chi connectivity index (χ1n) is 10.3. The molecule has 1 aromatic carbocycles. The average Bonchev–Trinajstić information content (AvgIpc) is 3.04. The van der Waals surface area contributed by atoms with Gasteiger partial charge in [0, 0.05) is 37.6 Å². The van der Waals surface area contributed by atoms with Crippen LogP contribution >= 0.6 is 0 Å². The van der Waals surface area contributed by atoms with Gasteiger partial charge in [-0.3, -0.25) is 4.79 Å². The van der Waals surface area contributed by atoms with Gasteiger partial charge in [0.1, 0.15) is 11.3 Å². The Kier molecular flexibility index (Phi) is 4.21. The molecule has 1 N–H and O–H groups in total. The van der Waals surface area contributed by atoms with Crippen molar-refractivity contribution in [2.24, 2.45) is 11.8 Å². The summed E-state index contributed by atoms with van der Waals surface area (Å²) < 4.78 is 25.5. The zero-order chi connectivity index (χ0) is 22.1. The molecule has 2 heterocycles. The van der Waals surface area contributed by atoms with E-state index in [0.717, 1.165) is 29.8 Å². The van der Waals surface area contributed by atoms with Crippen molar-refractivity contribution in [2.45, 2.75) is 30.2 Å². The summed E-state index contributed by atoms with van der Waals surface area (Å²) in [7, 11) is 0.266. The molecule has 3 aromatic rings. The van der Waals surface area contributed by atoms with Gasteiger partial charge in [-0.2, -0.15) is 4.98 Å². The predicted molar refractivity (Wildman–Crippen MR) is 118 cm³/mol. The van der Waals surface area contributed by atoms with Crippen molar-refractivity contribution in [3.63, 3.8) is 0 Å². The number of sulfone groups is 1. The van der Waals surface area contributed by atoms with Crippen LogP contribution in [0, 0.1) is 11.8 Å². The van der Waals surface area contributed by atoms with E-state index < -0.39 is 9.84 Å². The second-order valence-corrected chi connectivity index (χ2v) is 11.0. The van der Waals surface area contributed by atoms with Crippen LogP contribution in [0.4, 0.5) is 11.6 Å². The van der Waals surface area contributed by atoms with Crippen molar-refractivity contribution in [2.75, 3.05) is 25.7 Å². The van der Waals surface area contributed by atoms with E-state index in [2.05, 4.69) is 21.8 Å². The third-order valence-corrected chi connectivity index (χ3v) is 8.06. The molecular weight excluding hydrogens is 414 g/mol. The molecule has 31 heavy (non-hydrogen) atoms. The molecule has 0 spiro atoms. The minimum absolute atomic E-state index is 0.0409. The third-order valence-electron chi connectivity index (χ3n) is 6.94. The van der Waals surface area contributed by atoms with Crippen LogP contribution in [0.25, 0.3) is 11.0 Å². The lowest BCUT2D eigenvalue weighted by Gasteiger charge is -2.68. The van der Waals surface area contributed by atoms with E-state index in [0.29, 0.717) is 23.2 Å². The van der Waals surface area contributed by atoms with Crippen LogP contribution in [-0.2, 0) is 15.4 Å². The average molecular weight is 440 g/mol. The molecule has 3 aliphatic carbocycles. The van der Waals surface area contributed by atoms with Gasteiger partial charge < -0.3 is 14.8 Å². The number of aromatic nitrogens is 3. The molecule has 1 amide bonds. The van der Waals surface area contributed by atoms with E-state index in [1.807, 2.05) is 6.07 Å². The minimum Gasteiger partial charge on any atom is -0.343 e. The van der Waals surface area contributed by atoms with Crippen molar-refractivity contribution in [3.05, 3.63) is 42.2 Å². The van der Waals surface area contributed by atoms with Crippen molar-refractivity contribution < 1.29 is 13.2 Å². The summed E-state index contributed by atoms with van der Waals surface area (Å²) in [4.78, 5) is 24.0. The van der Waals surface area contributed by atoms with E-state index in [-0.39, 0.29) is 16.3 Å². The molecule has 8 nitrogen and oxygen atoms in total. The standard InChI is InChI=1S/C22H25N5O3S/c1-13-15-10-22(13,11-15)27-18(20(28)26(2)3)9-14-12-23-21(25-19(14)27)24-16-5-7-17(8-6-16)31(4,29)30/h5-9,12-13,15H,10-11H2,1-4H3,(H,23,24,25)/t13-,15?,22?/m1/s1. The maximum atomic E-state index is 12.9. The number of hydrogen-bond acceptors (Lipinski definition) is 6. The van der Waals surface area contributed by atoms with Gasteiger partial charge in [-0.05, 0) is 55.0 Å². The van der Waals surface area contributed by atoms with Crippen LogP contribution in [0.2, 0.25) is 0 Å². The first kappa shape index (κ1) is 20.0. The van der Waals surface area contributed by atoms with Crippen molar-refractivity contribution in [1.82, 2.24) is 19.4 Å². The van der Waals surface area contributed by atoms with E-state index >= 15 is 0 Å². The summed E-state index contributed by atoms with van der Waals surface area (Å²) in [6.45, 7) is 2.25. The molecule has 0 unspecified atom stereocenters. The van der Waals surface area contributed by atoms with Crippen LogP contribution in [0.1, 0.15) is 30.3 Å². The van der Waals surface area contributed by atoms with Crippen LogP contribution in [0.3, 0.4) is 0 Å². The topological polar surface area (TPSA) is 97.2 Å². The van der Waals surface area contributed by atoms with Crippen LogP contribution < -0.4 is 5.32 Å². The van der Waals surface area contributed by atoms with Crippen molar-refractivity contribution in [1.29, 1.82) is 0 Å². The molecule has 162 valence electrons. The highest BCUT2D eigenvalue weighted by atomic mass is 32.2. The molecule has 6 rings (SSSR count). The van der Waals surface area contributed by atoms with Gasteiger partial charge in [0.15, 0.2) is 9.84 Å². The molecule has 2 bridgehead atoms. The fourth-order valence-electron chi connectivity index (χ4n) is 4.88. The predicted octanol–water partition coefficient (Wildman–Crippen LogP) is 3.04. The Morgan fingerprint density at radius 3 is 2.42 bits per heavy atom. The van der Waals surface area contributed by atoms with E-state index in [4.69, 9.17) is 4.98 Å². The number of carbonyl (C=O) groups excluding carboxylic acids is 1. The Morgan fingerprint density at radius 1 is 1.23 bits per heavy atom. The van der Waals surface area contributed by atoms with Gasteiger partial charge in [0.2, 0.25) is 5.95 Å². The van der Waals surface area contributed by atoms with E-state index in [1.165, 1.54) is 6.26 Å². The fourth-order valence-corrected chi connectivity index (χ4v) is 5.51. The number of amides is 1. The lowest BCUT2D eigenvalue weighted by Crippen LogP contribution is -2.67. The number of rotatable bonds is 5. The van der Waals surface area contributed by atoms with Gasteiger partial charge in [-0.1, -0.05) is 6.92 Å². The highest BCUT2D eigenvalue weighted by Gasteiger charge is 2.65. The van der Waals surface area contributed by atoms with Gasteiger partial charge >= 0.3 is 0 Å². The molecule has 1 atom stereocenters. The van der Waals surface area contributed by atoms with Crippen LogP contribution in [0.15, 0.2) is 41.4 Å². The van der Waals surface area contributed by atoms with E-state index in [1.54, 1.807) is 49.5 Å². The number of carbonyl (C=O) groups is 1. The maximum Gasteiger partial charge on any atom is 0.270 e. The highest BCUT2D eigenvalue weighted by Crippen LogP contribution is 2.67. The molecule has 2 aromatic heterocycles. The van der Waals surface area contributed by atoms with Gasteiger partial charge in [0.05, 0.1) is 10.4 Å². The maximum absolute atomic E-state index is 12.9. The molecule has 3 saturated carbocycles. The summed E-state index contributed by atoms with van der Waals surface area (Å²) >= 11 is 0. The largest absolute Gasteiger partial charge is 0.343 e. The number of nitrogens with one attached hydrogen (secondary N) is 1. The van der Waals surface area contributed by atoms with Crippen molar-refractivity contribution >= 4 is 38.4 Å². The third kappa shape index (κ3) is 2.94. The number of nitrogens with zero attached hydrogens (tertiary/aromatic N) is 4. The molecule has 3 fully saturated rings. The summed E-state index contributed by atoms with van der Waals surface area (Å²) in [5.41, 5.74) is 2.04. The Balaban J connectivity index is 1.56. The quantitative estimate of drug-likeness (QED) is 0.656. The molecule has 9 heteroatoms. The van der Waals surface area contributed by atoms with Crippen molar-refractivity contribution in [3.8, 4) is 0 Å². The number of benzene rings is 1. The summed E-state index contributed by atoms with van der Waals surface area (Å²) in [5.74, 6) is 1.61. The molecule has 0 saturated heterocycles. The second-order valence-electron chi connectivity index (χ2n) is 9.02. The SMILES string of the molecule is C[C@@H]1C2CC1(n1c(C(=O)N(C)C)cc3cnc(Nc4ccc(S(C)(=O)=O)cc4)nc31)C2. The smallest absolute Gasteiger partial charge is 0.270 e. The van der Waals surface area contributed by atoms with Gasteiger partial charge in [-0.25, -0.2) is 13.4 Å². The summed E-state index contributed by atoms with van der Waals surface area (Å²) in [5, 5.41) is 3.98. The zero-order valence-electron chi connectivity index (χ0n) is 18.0. The molecule has 0 aliphatic heterocycles. The molecule has 3 aliphatic rings. The van der Waals surface area contributed by atoms with Crippen LogP contribution in [-0.4, -0.2) is 54.1 Å². The summed E-state index contributed by atoms with van der Waals surface area (Å²) in [6.07, 6.45) is 5.06. The van der Waals surface area contributed by atoms with Gasteiger partial charge in [0.25, 0.3) is 5.91 Å². The number of anilines is 2. The molecule has 0 radical (unpaired) electrons. The number of hydrogen-bond donors (Lipinski definition) is 1. The van der Waals surface area contributed by atoms with Gasteiger partial charge in [-0.15, -0.1) is 0 Å². The van der Waals surface area contributed by atoms with Crippen LogP contribution in [0.5, 0.6) is 0 Å². The Morgan fingerprint density at radius 2 is 1.90 bits per heavy atom. The lowest BCUT2D eigenvalue weighted by atomic mass is 9.42. The fraction of sp³-hybridized carbons (Fsp3) is 0.409. The summed E-state index contributed by atoms with van der Waals surface area (Å²) in [6, 6.07) is 8.36. The highest BCUT2D eigenvalue weighted by molar-refractivity contribution is 7.90. The first-order chi connectivity index (χ1) is 14.6. The minimum atomic E-state index is -3.25.